The Hall–Kier alpha value is -0.710. The Morgan fingerprint density at radius 2 is 2.11 bits per heavy atom. The molecule has 0 N–H and O–H groups in total. The van der Waals surface area contributed by atoms with Gasteiger partial charge in [0.2, 0.25) is 0 Å². The average Bonchev–Trinajstić information content (AvgIpc) is 2.78. The number of hydrogen-bond acceptors (Lipinski definition) is 4. The molecule has 19 heavy (non-hydrogen) atoms. The Labute approximate surface area is 122 Å². The van der Waals surface area contributed by atoms with Crippen molar-refractivity contribution >= 4 is 33.2 Å². The summed E-state index contributed by atoms with van der Waals surface area (Å²) in [4.78, 5) is 11.6. The number of fused-ring (bicyclic) bond motifs is 3. The second-order valence-electron chi connectivity index (χ2n) is 4.90. The zero-order valence-electron chi connectivity index (χ0n) is 11.2. The van der Waals surface area contributed by atoms with Gasteiger partial charge in [0.05, 0.1) is 5.39 Å². The number of ether oxygens (including phenoxy) is 1. The second kappa shape index (κ2) is 5.35. The third kappa shape index (κ3) is 2.26. The molecule has 1 unspecified atom stereocenters. The molecule has 102 valence electrons. The van der Waals surface area contributed by atoms with Crippen LogP contribution in [0.5, 0.6) is 0 Å². The molecule has 2 heterocycles. The number of halogens is 1. The van der Waals surface area contributed by atoms with Crippen molar-refractivity contribution in [2.24, 2.45) is 0 Å². The summed E-state index contributed by atoms with van der Waals surface area (Å²) in [5.74, 6) is 0.709. The Bertz CT molecular complexity index is 607. The molecule has 0 saturated carbocycles. The quantitative estimate of drug-likeness (QED) is 0.791. The molecule has 1 atom stereocenters. The Morgan fingerprint density at radius 1 is 1.32 bits per heavy atom. The van der Waals surface area contributed by atoms with E-state index in [-0.39, 0.29) is 6.10 Å². The molecule has 3 nitrogen and oxygen atoms in total. The second-order valence-corrected chi connectivity index (χ2v) is 6.34. The van der Waals surface area contributed by atoms with Gasteiger partial charge in [0.15, 0.2) is 5.82 Å². The predicted octanol–water partition coefficient (Wildman–Crippen LogP) is 4.32. The minimum atomic E-state index is -0.0685. The van der Waals surface area contributed by atoms with Crippen molar-refractivity contribution in [3.05, 3.63) is 21.4 Å². The fourth-order valence-electron chi connectivity index (χ4n) is 2.73. The minimum Gasteiger partial charge on any atom is -0.373 e. The van der Waals surface area contributed by atoms with Gasteiger partial charge < -0.3 is 4.74 Å². The highest BCUT2D eigenvalue weighted by Crippen LogP contribution is 2.39. The van der Waals surface area contributed by atoms with Crippen LogP contribution in [0.1, 0.15) is 48.6 Å². The summed E-state index contributed by atoms with van der Waals surface area (Å²) in [5, 5.41) is 1.67. The maximum Gasteiger partial charge on any atom is 0.160 e. The lowest BCUT2D eigenvalue weighted by molar-refractivity contribution is 0.0929. The summed E-state index contributed by atoms with van der Waals surface area (Å²) in [5.41, 5.74) is 1.38. The van der Waals surface area contributed by atoms with Gasteiger partial charge in [-0.25, -0.2) is 9.97 Å². The highest BCUT2D eigenvalue weighted by molar-refractivity contribution is 7.19. The Balaban J connectivity index is 2.16. The molecule has 0 bridgehead atoms. The third-order valence-corrected chi connectivity index (χ3v) is 5.19. The van der Waals surface area contributed by atoms with Gasteiger partial charge in [-0.1, -0.05) is 18.5 Å². The van der Waals surface area contributed by atoms with Crippen molar-refractivity contribution in [3.8, 4) is 0 Å². The zero-order chi connectivity index (χ0) is 13.4. The average molecular weight is 297 g/mol. The van der Waals surface area contributed by atoms with E-state index in [1.807, 2.05) is 0 Å². The summed E-state index contributed by atoms with van der Waals surface area (Å²) in [6, 6.07) is 0. The topological polar surface area (TPSA) is 35.0 Å². The van der Waals surface area contributed by atoms with Gasteiger partial charge in [-0.2, -0.15) is 0 Å². The molecule has 0 radical (unpaired) electrons. The number of thiophene rings is 1. The van der Waals surface area contributed by atoms with Crippen LogP contribution in [0, 0.1) is 0 Å². The lowest BCUT2D eigenvalue weighted by atomic mass is 9.97. The number of methoxy groups -OCH3 is 1. The smallest absolute Gasteiger partial charge is 0.160 e. The van der Waals surface area contributed by atoms with E-state index in [1.165, 1.54) is 23.3 Å². The minimum absolute atomic E-state index is 0.0685. The molecule has 0 aromatic carbocycles. The molecule has 0 spiro atoms. The maximum absolute atomic E-state index is 6.40. The van der Waals surface area contributed by atoms with Gasteiger partial charge in [-0.05, 0) is 37.7 Å². The van der Waals surface area contributed by atoms with Crippen LogP contribution in [0.4, 0.5) is 0 Å². The number of nitrogens with zero attached hydrogens (tertiary/aromatic N) is 2. The monoisotopic (exact) mass is 296 g/mol. The molecule has 2 aromatic heterocycles. The van der Waals surface area contributed by atoms with Gasteiger partial charge in [-0.15, -0.1) is 11.3 Å². The summed E-state index contributed by atoms with van der Waals surface area (Å²) in [6.45, 7) is 2.06. The van der Waals surface area contributed by atoms with Crippen molar-refractivity contribution < 1.29 is 4.74 Å². The first-order chi connectivity index (χ1) is 9.24. The summed E-state index contributed by atoms with van der Waals surface area (Å²) < 4.78 is 5.41. The highest BCUT2D eigenvalue weighted by atomic mass is 35.5. The molecule has 0 fully saturated rings. The molecule has 0 saturated heterocycles. The molecule has 1 aliphatic rings. The number of rotatable bonds is 3. The van der Waals surface area contributed by atoms with Gasteiger partial charge >= 0.3 is 0 Å². The van der Waals surface area contributed by atoms with Crippen LogP contribution in [-0.4, -0.2) is 17.1 Å². The van der Waals surface area contributed by atoms with Crippen LogP contribution in [0.3, 0.4) is 0 Å². The number of aryl methyl sites for hydroxylation is 2. The van der Waals surface area contributed by atoms with Crippen LogP contribution in [-0.2, 0) is 17.6 Å². The van der Waals surface area contributed by atoms with E-state index in [0.29, 0.717) is 11.0 Å². The van der Waals surface area contributed by atoms with Crippen molar-refractivity contribution in [3.63, 3.8) is 0 Å². The van der Waals surface area contributed by atoms with E-state index in [9.17, 15) is 0 Å². The lowest BCUT2D eigenvalue weighted by Crippen LogP contribution is -2.06. The van der Waals surface area contributed by atoms with E-state index in [2.05, 4.69) is 16.9 Å². The van der Waals surface area contributed by atoms with Crippen LogP contribution >= 0.6 is 22.9 Å². The van der Waals surface area contributed by atoms with Crippen LogP contribution < -0.4 is 0 Å². The molecular formula is C14H17ClN2OS. The molecule has 0 amide bonds. The van der Waals surface area contributed by atoms with Crippen LogP contribution in [0.25, 0.3) is 10.2 Å². The largest absolute Gasteiger partial charge is 0.373 e. The number of aromatic nitrogens is 2. The molecule has 0 aliphatic heterocycles. The van der Waals surface area contributed by atoms with Gasteiger partial charge in [0, 0.05) is 12.0 Å². The fraction of sp³-hybridized carbons (Fsp3) is 0.571. The molecule has 1 aliphatic carbocycles. The summed E-state index contributed by atoms with van der Waals surface area (Å²) >= 11 is 8.17. The van der Waals surface area contributed by atoms with Crippen molar-refractivity contribution in [2.75, 3.05) is 7.11 Å². The normalized spacial score (nSPS) is 16.6. The molecule has 2 aromatic rings. The predicted molar refractivity (Wildman–Crippen MR) is 79.1 cm³/mol. The summed E-state index contributed by atoms with van der Waals surface area (Å²) in [6.07, 6.45) is 5.56. The SMILES string of the molecule is CCC(OC)c1nc(Cl)c2c3c(sc2n1)CCCC3. The van der Waals surface area contributed by atoms with Crippen LogP contribution in [0.15, 0.2) is 0 Å². The van der Waals surface area contributed by atoms with Crippen LogP contribution in [0.2, 0.25) is 5.15 Å². The maximum atomic E-state index is 6.40. The zero-order valence-corrected chi connectivity index (χ0v) is 12.8. The first-order valence-corrected chi connectivity index (χ1v) is 7.94. The molecule has 5 heteroatoms. The first-order valence-electron chi connectivity index (χ1n) is 6.75. The van der Waals surface area contributed by atoms with E-state index in [1.54, 1.807) is 18.4 Å². The van der Waals surface area contributed by atoms with E-state index in [4.69, 9.17) is 16.3 Å². The van der Waals surface area contributed by atoms with Gasteiger partial charge in [0.25, 0.3) is 0 Å². The molecule has 3 rings (SSSR count). The Morgan fingerprint density at radius 3 is 2.84 bits per heavy atom. The molecular weight excluding hydrogens is 280 g/mol. The number of hydrogen-bond donors (Lipinski definition) is 0. The fourth-order valence-corrected chi connectivity index (χ4v) is 4.34. The highest BCUT2D eigenvalue weighted by Gasteiger charge is 2.22. The third-order valence-electron chi connectivity index (χ3n) is 3.73. The van der Waals surface area contributed by atoms with E-state index < -0.39 is 0 Å². The lowest BCUT2D eigenvalue weighted by Gasteiger charge is -2.12. The van der Waals surface area contributed by atoms with Crippen molar-refractivity contribution in [2.45, 2.75) is 45.1 Å². The van der Waals surface area contributed by atoms with Gasteiger partial charge in [-0.3, -0.25) is 0 Å². The standard InChI is InChI=1S/C14H17ClN2OS/c1-3-9(18-2)13-16-12(15)11-8-6-4-5-7-10(8)19-14(11)17-13/h9H,3-7H2,1-2H3. The Kier molecular flexibility index (Phi) is 3.74. The summed E-state index contributed by atoms with van der Waals surface area (Å²) in [7, 11) is 1.69. The first kappa shape index (κ1) is 13.3. The van der Waals surface area contributed by atoms with Gasteiger partial charge in [0.1, 0.15) is 16.1 Å². The van der Waals surface area contributed by atoms with E-state index >= 15 is 0 Å². The van der Waals surface area contributed by atoms with Crippen molar-refractivity contribution in [1.29, 1.82) is 0 Å². The van der Waals surface area contributed by atoms with E-state index in [0.717, 1.165) is 29.5 Å². The van der Waals surface area contributed by atoms with Crippen molar-refractivity contribution in [1.82, 2.24) is 9.97 Å².